The third-order valence-electron chi connectivity index (χ3n) is 28.5. The first kappa shape index (κ1) is 84.9. The predicted molar refractivity (Wildman–Crippen MR) is 601 cm³/mol. The summed E-state index contributed by atoms with van der Waals surface area (Å²) in [6, 6.07) is 175. The van der Waals surface area contributed by atoms with Gasteiger partial charge in [0.05, 0.1) is 61.2 Å². The Kier molecular flexibility index (Phi) is 21.2. The molecule has 0 spiro atoms. The normalized spacial score (nSPS) is 12.0. The first-order chi connectivity index (χ1) is 70.8. The lowest BCUT2D eigenvalue weighted by Gasteiger charge is -2.28. The summed E-state index contributed by atoms with van der Waals surface area (Å²) < 4.78 is 12.2. The van der Waals surface area contributed by atoms with E-state index in [1.807, 2.05) is 48.5 Å². The van der Waals surface area contributed by atoms with Crippen LogP contribution in [-0.2, 0) is 5.41 Å². The molecule has 8 heterocycles. The van der Waals surface area contributed by atoms with Crippen LogP contribution >= 0.6 is 11.3 Å². The standard InChI is InChI=1S/C47H32N4.C44H33N3.C41H27N3S/c1-2-13-35(14-3-1)49(36-24-26-37(27-25-36)50-42-19-7-4-16-39(42)40-17-5-8-20-43(40)50)45-22-11-23-46-47(45)41-18-6-9-21-44(41)51(46)38-15-10-12-34(32-38)33-28-30-48-31-29-33;1-44(2)38-18-8-6-16-35(38)36-23-22-34(29-39(36)44)46(32-13-4-3-5-14-32)41-20-11-21-42-43(41)37-17-7-9-19-40(37)47(42)33-15-10-12-31(28-33)30-24-26-45-27-25-30;1-2-11-30(12-3-1)43(32-20-21-40-35(27-32)33-14-5-7-19-39(33)45-40)37-17-9-18-38-41(37)34-15-4-6-16-36(34)44(38)31-13-8-10-29(26-31)28-22-24-42-25-23-28/h1-32H;3-29H,1-2H3;1-27H. The zero-order valence-corrected chi connectivity index (χ0v) is 79.3. The van der Waals surface area contributed by atoms with Crippen molar-refractivity contribution >= 4 is 170 Å². The highest BCUT2D eigenvalue weighted by molar-refractivity contribution is 7.25. The van der Waals surface area contributed by atoms with Gasteiger partial charge in [-0.3, -0.25) is 15.0 Å². The van der Waals surface area contributed by atoms with Gasteiger partial charge in [-0.05, 0) is 292 Å². The summed E-state index contributed by atoms with van der Waals surface area (Å²) in [7, 11) is 0. The summed E-state index contributed by atoms with van der Waals surface area (Å²) in [6.45, 7) is 4.70. The molecule has 0 amide bonds. The Labute approximate surface area is 832 Å². The van der Waals surface area contributed by atoms with Crippen LogP contribution in [0.1, 0.15) is 25.0 Å². The van der Waals surface area contributed by atoms with Crippen LogP contribution in [-0.4, -0.2) is 33.2 Å². The number of hydrogen-bond donors (Lipinski definition) is 0. The molecule has 0 aliphatic heterocycles. The van der Waals surface area contributed by atoms with Crippen LogP contribution in [0.25, 0.3) is 175 Å². The number of nitrogens with zero attached hydrogens (tertiary/aromatic N) is 10. The molecule has 19 aromatic carbocycles. The number of thiophene rings is 1. The molecule has 0 saturated heterocycles. The van der Waals surface area contributed by atoms with E-state index < -0.39 is 0 Å². The Balaban J connectivity index is 0.000000110. The summed E-state index contributed by atoms with van der Waals surface area (Å²) in [4.78, 5) is 19.9. The number of hydrogen-bond acceptors (Lipinski definition) is 7. The molecule has 0 radical (unpaired) electrons. The second kappa shape index (κ2) is 35.8. The van der Waals surface area contributed by atoms with Crippen LogP contribution in [0.2, 0.25) is 0 Å². The van der Waals surface area contributed by atoms with Gasteiger partial charge in [-0.1, -0.05) is 263 Å². The average Bonchev–Trinajstić information content (AvgIpc) is 1.57. The van der Waals surface area contributed by atoms with Gasteiger partial charge < -0.3 is 33.0 Å². The van der Waals surface area contributed by atoms with Crippen LogP contribution in [0.15, 0.2) is 522 Å². The Morgan fingerprint density at radius 2 is 0.503 bits per heavy atom. The molecule has 676 valence electrons. The minimum Gasteiger partial charge on any atom is -0.310 e. The van der Waals surface area contributed by atoms with Crippen molar-refractivity contribution in [2.75, 3.05) is 14.7 Å². The lowest BCUT2D eigenvalue weighted by molar-refractivity contribution is 0.660. The van der Waals surface area contributed by atoms with Gasteiger partial charge in [0, 0.05) is 163 Å². The van der Waals surface area contributed by atoms with E-state index in [1.54, 1.807) is 0 Å². The molecule has 0 N–H and O–H groups in total. The third-order valence-corrected chi connectivity index (χ3v) is 29.7. The van der Waals surface area contributed by atoms with Gasteiger partial charge >= 0.3 is 0 Å². The fraction of sp³-hybridized carbons (Fsp3) is 0.0227. The molecular formula is C132H92N10S. The molecule has 0 unspecified atom stereocenters. The van der Waals surface area contributed by atoms with E-state index in [2.05, 4.69) is 547 Å². The number of pyridine rings is 3. The monoisotopic (exact) mass is 1850 g/mol. The SMILES string of the molecule is CC1(C)c2ccccc2-c2ccc(N(c3ccccc3)c3cccc4c3c3ccccc3n4-c3cccc(-c4ccncc4)c3)cc21.c1ccc(N(c2ccc(-n3c4ccccc4c4ccccc43)cc2)c2cccc3c2c2ccccc2n3-c2cccc(-c3ccncc3)c2)cc1.c1ccc(N(c2ccc3sc4ccccc4c3c2)c2cccc3c2c2ccccc2n3-c2cccc(-c3ccncc3)c2)cc1. The van der Waals surface area contributed by atoms with Gasteiger partial charge in [-0.25, -0.2) is 0 Å². The fourth-order valence-corrected chi connectivity index (χ4v) is 23.2. The largest absolute Gasteiger partial charge is 0.310 e. The van der Waals surface area contributed by atoms with Gasteiger partial charge in [-0.15, -0.1) is 11.3 Å². The lowest BCUT2D eigenvalue weighted by atomic mass is 9.82. The topological polar surface area (TPSA) is 68.1 Å². The molecule has 0 saturated carbocycles. The highest BCUT2D eigenvalue weighted by Gasteiger charge is 2.37. The van der Waals surface area contributed by atoms with E-state index in [9.17, 15) is 0 Å². The number of rotatable bonds is 16. The predicted octanol–water partition coefficient (Wildman–Crippen LogP) is 35.7. The van der Waals surface area contributed by atoms with Crippen molar-refractivity contribution in [2.24, 2.45) is 0 Å². The van der Waals surface area contributed by atoms with Crippen molar-refractivity contribution in [3.8, 4) is 67.3 Å². The Hall–Kier alpha value is -18.6. The molecule has 1 aliphatic carbocycles. The highest BCUT2D eigenvalue weighted by atomic mass is 32.1. The fourth-order valence-electron chi connectivity index (χ4n) is 22.2. The smallest absolute Gasteiger partial charge is 0.0562 e. The second-order valence-corrected chi connectivity index (χ2v) is 38.1. The summed E-state index contributed by atoms with van der Waals surface area (Å²) in [6.07, 6.45) is 11.1. The minimum absolute atomic E-state index is 0.0911. The minimum atomic E-state index is -0.0911. The number of anilines is 9. The second-order valence-electron chi connectivity index (χ2n) is 37.0. The summed E-state index contributed by atoms with van der Waals surface area (Å²) in [5, 5.41) is 12.4. The van der Waals surface area contributed by atoms with E-state index in [0.29, 0.717) is 0 Å². The molecule has 0 fully saturated rings. The zero-order valence-electron chi connectivity index (χ0n) is 78.5. The third kappa shape index (κ3) is 14.8. The summed E-state index contributed by atoms with van der Waals surface area (Å²) in [5.74, 6) is 0. The molecule has 0 atom stereocenters. The molecule has 27 aromatic rings. The van der Waals surface area contributed by atoms with Crippen molar-refractivity contribution in [1.29, 1.82) is 0 Å². The molecule has 28 rings (SSSR count). The van der Waals surface area contributed by atoms with Gasteiger partial charge in [0.15, 0.2) is 0 Å². The van der Waals surface area contributed by atoms with Gasteiger partial charge in [-0.2, -0.15) is 0 Å². The van der Waals surface area contributed by atoms with E-state index in [1.165, 1.54) is 135 Å². The Morgan fingerprint density at radius 1 is 0.196 bits per heavy atom. The maximum Gasteiger partial charge on any atom is 0.0562 e. The van der Waals surface area contributed by atoms with Crippen molar-refractivity contribution < 1.29 is 0 Å². The number of para-hydroxylation sites is 8. The summed E-state index contributed by atoms with van der Waals surface area (Å²) >= 11 is 1.85. The highest BCUT2D eigenvalue weighted by Crippen LogP contribution is 2.54. The van der Waals surface area contributed by atoms with Crippen LogP contribution in [0.5, 0.6) is 0 Å². The summed E-state index contributed by atoms with van der Waals surface area (Å²) in [5.41, 5.74) is 36.4. The van der Waals surface area contributed by atoms with Crippen molar-refractivity contribution in [3.05, 3.63) is 534 Å². The molecule has 143 heavy (non-hydrogen) atoms. The van der Waals surface area contributed by atoms with Gasteiger partial charge in [0.2, 0.25) is 0 Å². The first-order valence-corrected chi connectivity index (χ1v) is 49.5. The maximum atomic E-state index is 4.23. The Morgan fingerprint density at radius 3 is 0.937 bits per heavy atom. The number of aromatic nitrogens is 7. The number of benzene rings is 19. The van der Waals surface area contributed by atoms with Gasteiger partial charge in [0.25, 0.3) is 0 Å². The quantitative estimate of drug-likeness (QED) is 0.0960. The molecular weight excluding hydrogens is 1760 g/mol. The number of fused-ring (bicyclic) bond motifs is 18. The van der Waals surface area contributed by atoms with Gasteiger partial charge in [0.1, 0.15) is 0 Å². The first-order valence-electron chi connectivity index (χ1n) is 48.7. The van der Waals surface area contributed by atoms with Crippen LogP contribution in [0, 0.1) is 0 Å². The van der Waals surface area contributed by atoms with Crippen molar-refractivity contribution in [1.82, 2.24) is 33.2 Å². The maximum absolute atomic E-state index is 4.23. The van der Waals surface area contributed by atoms with E-state index >= 15 is 0 Å². The van der Waals surface area contributed by atoms with Crippen molar-refractivity contribution in [2.45, 2.75) is 19.3 Å². The average molecular weight is 1850 g/mol. The molecule has 10 nitrogen and oxygen atoms in total. The molecule has 11 heteroatoms. The van der Waals surface area contributed by atoms with E-state index in [4.69, 9.17) is 0 Å². The Bertz CT molecular complexity index is 9470. The van der Waals surface area contributed by atoms with E-state index in [0.717, 1.165) is 102 Å². The van der Waals surface area contributed by atoms with E-state index in [-0.39, 0.29) is 5.41 Å². The molecule has 0 bridgehead atoms. The van der Waals surface area contributed by atoms with Crippen LogP contribution in [0.3, 0.4) is 0 Å². The lowest BCUT2D eigenvalue weighted by Crippen LogP contribution is -2.16. The zero-order chi connectivity index (χ0) is 95.0. The van der Waals surface area contributed by atoms with Crippen molar-refractivity contribution in [3.63, 3.8) is 0 Å². The van der Waals surface area contributed by atoms with Crippen LogP contribution in [0.4, 0.5) is 51.2 Å². The molecule has 8 aromatic heterocycles. The van der Waals surface area contributed by atoms with Crippen LogP contribution < -0.4 is 14.7 Å². The molecule has 1 aliphatic rings.